The molecule has 1 fully saturated rings. The van der Waals surface area contributed by atoms with Crippen LogP contribution in [0.15, 0.2) is 18.2 Å². The first-order valence-electron chi connectivity index (χ1n) is 8.92. The number of carbonyl (C=O) groups excluding carboxylic acids is 1. The lowest BCUT2D eigenvalue weighted by Gasteiger charge is -2.32. The molecule has 0 N–H and O–H groups in total. The van der Waals surface area contributed by atoms with Gasteiger partial charge in [0.1, 0.15) is 5.82 Å². The average molecular weight is 348 g/mol. The molecule has 7 heteroatoms. The molecule has 0 saturated heterocycles. The van der Waals surface area contributed by atoms with Crippen molar-refractivity contribution >= 4 is 5.91 Å². The van der Waals surface area contributed by atoms with Crippen molar-refractivity contribution in [3.05, 3.63) is 35.1 Å². The first-order chi connectivity index (χ1) is 12.0. The zero-order valence-corrected chi connectivity index (χ0v) is 13.7. The number of benzene rings is 1. The third kappa shape index (κ3) is 4.69. The summed E-state index contributed by atoms with van der Waals surface area (Å²) in [4.78, 5) is 12.3. The van der Waals surface area contributed by atoms with E-state index in [9.17, 15) is 22.4 Å². The number of hydrazine groups is 1. The number of amides is 1. The second kappa shape index (κ2) is 7.51. The summed E-state index contributed by atoms with van der Waals surface area (Å²) in [5.74, 6) is -1.73. The lowest BCUT2D eigenvalue weighted by atomic mass is 10.1. The minimum absolute atomic E-state index is 0.138. The summed E-state index contributed by atoms with van der Waals surface area (Å²) in [5, 5.41) is 2.24. The highest BCUT2D eigenvalue weighted by molar-refractivity contribution is 5.80. The van der Waals surface area contributed by atoms with Gasteiger partial charge in [-0.25, -0.2) is 9.40 Å². The van der Waals surface area contributed by atoms with Crippen molar-refractivity contribution < 1.29 is 25.1 Å². The summed E-state index contributed by atoms with van der Waals surface area (Å²) in [7, 11) is 1.41. The second-order valence-corrected chi connectivity index (χ2v) is 5.92. The van der Waals surface area contributed by atoms with Crippen LogP contribution in [0.2, 0.25) is 0 Å². The van der Waals surface area contributed by atoms with Gasteiger partial charge in [-0.1, -0.05) is 19.4 Å². The van der Waals surface area contributed by atoms with Gasteiger partial charge in [-0.15, -0.1) is 0 Å². The summed E-state index contributed by atoms with van der Waals surface area (Å²) in [6, 6.07) is 1.73. The SMILES string of the molecule is [2H]C([2H])(c1ccc(C(F)(F)F)cc1F)N(CCCC)N(C)C(=O)C1CC1. The number of hydrogen-bond donors (Lipinski definition) is 0. The van der Waals surface area contributed by atoms with Gasteiger partial charge in [-0.3, -0.25) is 9.80 Å². The van der Waals surface area contributed by atoms with E-state index < -0.39 is 29.6 Å². The van der Waals surface area contributed by atoms with Crippen molar-refractivity contribution in [2.75, 3.05) is 13.6 Å². The highest BCUT2D eigenvalue weighted by atomic mass is 19.4. The fourth-order valence-electron chi connectivity index (χ4n) is 2.22. The first kappa shape index (κ1) is 15.9. The molecule has 0 bridgehead atoms. The Morgan fingerprint density at radius 1 is 1.38 bits per heavy atom. The highest BCUT2D eigenvalue weighted by Crippen LogP contribution is 2.32. The van der Waals surface area contributed by atoms with E-state index in [0.29, 0.717) is 18.9 Å². The Hall–Kier alpha value is -1.63. The van der Waals surface area contributed by atoms with E-state index in [1.54, 1.807) is 0 Å². The van der Waals surface area contributed by atoms with E-state index in [1.807, 2.05) is 6.92 Å². The Morgan fingerprint density at radius 2 is 2.04 bits per heavy atom. The highest BCUT2D eigenvalue weighted by Gasteiger charge is 2.34. The summed E-state index contributed by atoms with van der Waals surface area (Å²) in [6.45, 7) is -0.448. The van der Waals surface area contributed by atoms with Gasteiger partial charge in [0.15, 0.2) is 0 Å². The van der Waals surface area contributed by atoms with Gasteiger partial charge in [-0.2, -0.15) is 13.2 Å². The molecule has 0 aromatic heterocycles. The zero-order valence-electron chi connectivity index (χ0n) is 15.7. The minimum Gasteiger partial charge on any atom is -0.278 e. The molecule has 0 heterocycles. The molecule has 0 unspecified atom stereocenters. The van der Waals surface area contributed by atoms with E-state index >= 15 is 0 Å². The standard InChI is InChI=1S/C17H22F4N2O/c1-3-4-9-23(22(2)16(24)12-5-6-12)11-13-7-8-14(10-15(13)18)17(19,20)21/h7-8,10,12H,3-6,9,11H2,1-2H3/i11D2. The van der Waals surface area contributed by atoms with Crippen molar-refractivity contribution in [2.24, 2.45) is 5.92 Å². The number of hydrogen-bond acceptors (Lipinski definition) is 2. The lowest BCUT2D eigenvalue weighted by Crippen LogP contribution is -2.44. The topological polar surface area (TPSA) is 23.6 Å². The number of nitrogens with zero attached hydrogens (tertiary/aromatic N) is 2. The molecule has 0 atom stereocenters. The zero-order chi connectivity index (χ0) is 19.7. The Balaban J connectivity index is 2.37. The summed E-state index contributed by atoms with van der Waals surface area (Å²) < 4.78 is 69.2. The van der Waals surface area contributed by atoms with E-state index in [2.05, 4.69) is 0 Å². The Morgan fingerprint density at radius 3 is 2.54 bits per heavy atom. The van der Waals surface area contributed by atoms with Crippen LogP contribution in [0.3, 0.4) is 0 Å². The van der Waals surface area contributed by atoms with Crippen LogP contribution in [0.5, 0.6) is 0 Å². The molecule has 3 nitrogen and oxygen atoms in total. The molecular weight excluding hydrogens is 324 g/mol. The van der Waals surface area contributed by atoms with Gasteiger partial charge in [0.2, 0.25) is 5.91 Å². The molecule has 1 aromatic rings. The number of carbonyl (C=O) groups is 1. The third-order valence-corrected chi connectivity index (χ3v) is 3.88. The fourth-order valence-corrected chi connectivity index (χ4v) is 2.22. The quantitative estimate of drug-likeness (QED) is 0.544. The maximum absolute atomic E-state index is 14.3. The smallest absolute Gasteiger partial charge is 0.278 e. The van der Waals surface area contributed by atoms with Crippen LogP contribution in [0, 0.1) is 11.7 Å². The van der Waals surface area contributed by atoms with E-state index in [1.165, 1.54) is 7.05 Å². The molecule has 1 aliphatic rings. The van der Waals surface area contributed by atoms with E-state index in [4.69, 9.17) is 2.74 Å². The molecule has 2 rings (SSSR count). The van der Waals surface area contributed by atoms with Crippen LogP contribution in [-0.4, -0.2) is 29.5 Å². The van der Waals surface area contributed by atoms with Crippen LogP contribution in [0.4, 0.5) is 17.6 Å². The van der Waals surface area contributed by atoms with E-state index in [0.717, 1.165) is 28.9 Å². The monoisotopic (exact) mass is 348 g/mol. The molecular formula is C17H22F4N2O. The average Bonchev–Trinajstić information content (AvgIpc) is 3.37. The van der Waals surface area contributed by atoms with Crippen molar-refractivity contribution in [3.63, 3.8) is 0 Å². The van der Waals surface area contributed by atoms with Gasteiger partial charge in [0, 0.05) is 31.6 Å². The minimum atomic E-state index is -4.72. The van der Waals surface area contributed by atoms with Crippen molar-refractivity contribution in [1.29, 1.82) is 0 Å². The third-order valence-electron chi connectivity index (χ3n) is 3.88. The van der Waals surface area contributed by atoms with Crippen molar-refractivity contribution in [1.82, 2.24) is 10.0 Å². The van der Waals surface area contributed by atoms with Gasteiger partial charge in [-0.05, 0) is 31.4 Å². The van der Waals surface area contributed by atoms with Crippen molar-refractivity contribution in [3.8, 4) is 0 Å². The Kier molecular flexibility index (Phi) is 4.96. The molecule has 0 spiro atoms. The largest absolute Gasteiger partial charge is 0.416 e. The molecule has 0 radical (unpaired) electrons. The van der Waals surface area contributed by atoms with Crippen LogP contribution in [0.1, 0.15) is 46.5 Å². The second-order valence-electron chi connectivity index (χ2n) is 5.92. The van der Waals surface area contributed by atoms with Crippen LogP contribution >= 0.6 is 0 Å². The molecule has 0 aliphatic heterocycles. The van der Waals surface area contributed by atoms with Crippen LogP contribution in [0.25, 0.3) is 0 Å². The molecule has 24 heavy (non-hydrogen) atoms. The predicted molar refractivity (Wildman–Crippen MR) is 82.2 cm³/mol. The molecule has 134 valence electrons. The van der Waals surface area contributed by atoms with Gasteiger partial charge in [0.05, 0.1) is 8.30 Å². The fraction of sp³-hybridized carbons (Fsp3) is 0.588. The predicted octanol–water partition coefficient (Wildman–Crippen LogP) is 4.23. The van der Waals surface area contributed by atoms with Gasteiger partial charge in [0.25, 0.3) is 0 Å². The molecule has 1 aromatic carbocycles. The Bertz CT molecular complexity index is 663. The van der Waals surface area contributed by atoms with Gasteiger partial charge < -0.3 is 0 Å². The summed E-state index contributed by atoms with van der Waals surface area (Å²) >= 11 is 0. The lowest BCUT2D eigenvalue weighted by molar-refractivity contribution is -0.148. The maximum Gasteiger partial charge on any atom is 0.416 e. The molecule has 1 saturated carbocycles. The van der Waals surface area contributed by atoms with E-state index in [-0.39, 0.29) is 24.4 Å². The summed E-state index contributed by atoms with van der Waals surface area (Å²) in [6.07, 6.45) is -2.00. The van der Waals surface area contributed by atoms with Gasteiger partial charge >= 0.3 is 6.18 Å². The number of alkyl halides is 3. The molecule has 1 aliphatic carbocycles. The van der Waals surface area contributed by atoms with Crippen LogP contribution in [-0.2, 0) is 17.5 Å². The first-order valence-corrected chi connectivity index (χ1v) is 7.92. The summed E-state index contributed by atoms with van der Waals surface area (Å²) in [5.41, 5.74) is -1.71. The maximum atomic E-state index is 14.3. The number of halogens is 4. The Labute approximate surface area is 142 Å². The van der Waals surface area contributed by atoms with Crippen LogP contribution < -0.4 is 0 Å². The number of rotatable bonds is 7. The number of unbranched alkanes of at least 4 members (excludes halogenated alkanes) is 1. The normalized spacial score (nSPS) is 16.8. The van der Waals surface area contributed by atoms with Crippen molar-refractivity contribution in [2.45, 2.75) is 45.3 Å². The molecule has 1 amide bonds.